The van der Waals surface area contributed by atoms with E-state index in [-0.39, 0.29) is 11.6 Å². The van der Waals surface area contributed by atoms with Gasteiger partial charge in [0.1, 0.15) is 12.7 Å². The summed E-state index contributed by atoms with van der Waals surface area (Å²) < 4.78 is 1.48. The molecule has 25 heavy (non-hydrogen) atoms. The quantitative estimate of drug-likeness (QED) is 0.576. The van der Waals surface area contributed by atoms with Crippen LogP contribution in [0.2, 0.25) is 0 Å². The van der Waals surface area contributed by atoms with Crippen molar-refractivity contribution >= 4 is 16.8 Å². The summed E-state index contributed by atoms with van der Waals surface area (Å²) in [5.41, 5.74) is 2.53. The standard InChI is InChI=1S/C17H15N7O/c25-17(15-5-6-16(23-22-15)24-11-18-10-21-24)19-8-7-12-9-20-14-4-2-1-3-13(12)14/h1-6,9-11,20H,7-8H2,(H,19,25). The van der Waals surface area contributed by atoms with Crippen LogP contribution in [-0.4, -0.2) is 42.4 Å². The van der Waals surface area contributed by atoms with Crippen LogP contribution in [0.15, 0.2) is 55.2 Å². The monoisotopic (exact) mass is 333 g/mol. The van der Waals surface area contributed by atoms with E-state index in [1.165, 1.54) is 28.3 Å². The predicted octanol–water partition coefficient (Wildman–Crippen LogP) is 1.51. The van der Waals surface area contributed by atoms with Crippen molar-refractivity contribution < 1.29 is 4.79 Å². The molecule has 0 aliphatic heterocycles. The first-order chi connectivity index (χ1) is 12.3. The number of aromatic amines is 1. The zero-order valence-corrected chi connectivity index (χ0v) is 13.3. The van der Waals surface area contributed by atoms with Gasteiger partial charge >= 0.3 is 0 Å². The van der Waals surface area contributed by atoms with E-state index in [9.17, 15) is 4.79 Å². The Balaban J connectivity index is 1.37. The minimum absolute atomic E-state index is 0.252. The molecule has 4 aromatic rings. The van der Waals surface area contributed by atoms with Crippen molar-refractivity contribution in [2.45, 2.75) is 6.42 Å². The number of rotatable bonds is 5. The number of aromatic nitrogens is 6. The Labute approximate surface area is 142 Å². The molecule has 0 aliphatic carbocycles. The molecule has 0 aliphatic rings. The van der Waals surface area contributed by atoms with Crippen LogP contribution in [0.4, 0.5) is 0 Å². The number of hydrogen-bond acceptors (Lipinski definition) is 5. The highest BCUT2D eigenvalue weighted by atomic mass is 16.1. The topological polar surface area (TPSA) is 101 Å². The van der Waals surface area contributed by atoms with Crippen LogP contribution in [0, 0.1) is 0 Å². The molecule has 3 aromatic heterocycles. The fourth-order valence-electron chi connectivity index (χ4n) is 2.63. The van der Waals surface area contributed by atoms with Gasteiger partial charge in [0, 0.05) is 23.6 Å². The summed E-state index contributed by atoms with van der Waals surface area (Å²) in [6.07, 6.45) is 5.64. The van der Waals surface area contributed by atoms with Crippen molar-refractivity contribution in [3.05, 3.63) is 66.5 Å². The van der Waals surface area contributed by atoms with Crippen LogP contribution in [0.5, 0.6) is 0 Å². The summed E-state index contributed by atoms with van der Waals surface area (Å²) in [7, 11) is 0. The average Bonchev–Trinajstić information content (AvgIpc) is 3.32. The molecule has 0 atom stereocenters. The number of carbonyl (C=O) groups excluding carboxylic acids is 1. The van der Waals surface area contributed by atoms with Crippen molar-refractivity contribution in [1.29, 1.82) is 0 Å². The molecule has 124 valence electrons. The Kier molecular flexibility index (Phi) is 3.91. The maximum atomic E-state index is 12.2. The number of H-pyrrole nitrogens is 1. The molecule has 0 saturated carbocycles. The number of carbonyl (C=O) groups is 1. The first-order valence-electron chi connectivity index (χ1n) is 7.83. The van der Waals surface area contributed by atoms with Crippen molar-refractivity contribution in [2.75, 3.05) is 6.54 Å². The number of fused-ring (bicyclic) bond motifs is 1. The van der Waals surface area contributed by atoms with E-state index in [1.54, 1.807) is 12.1 Å². The van der Waals surface area contributed by atoms with E-state index in [4.69, 9.17) is 0 Å². The summed E-state index contributed by atoms with van der Waals surface area (Å²) >= 11 is 0. The van der Waals surface area contributed by atoms with E-state index >= 15 is 0 Å². The van der Waals surface area contributed by atoms with Gasteiger partial charge in [-0.15, -0.1) is 10.2 Å². The third kappa shape index (κ3) is 3.09. The zero-order valence-electron chi connectivity index (χ0n) is 13.3. The summed E-state index contributed by atoms with van der Waals surface area (Å²) in [5.74, 6) is 0.255. The fraction of sp³-hybridized carbons (Fsp3) is 0.118. The Morgan fingerprint density at radius 2 is 2.08 bits per heavy atom. The normalized spacial score (nSPS) is 10.9. The van der Waals surface area contributed by atoms with Crippen LogP contribution in [-0.2, 0) is 6.42 Å². The second-order valence-electron chi connectivity index (χ2n) is 5.48. The second kappa shape index (κ2) is 6.52. The lowest BCUT2D eigenvalue weighted by molar-refractivity contribution is 0.0948. The Bertz CT molecular complexity index is 989. The fourth-order valence-corrected chi connectivity index (χ4v) is 2.63. The molecule has 0 fully saturated rings. The van der Waals surface area contributed by atoms with Gasteiger partial charge in [-0.1, -0.05) is 18.2 Å². The van der Waals surface area contributed by atoms with Gasteiger partial charge in [0.25, 0.3) is 5.91 Å². The van der Waals surface area contributed by atoms with Gasteiger partial charge in [-0.25, -0.2) is 9.67 Å². The highest BCUT2D eigenvalue weighted by Crippen LogP contribution is 2.17. The summed E-state index contributed by atoms with van der Waals surface area (Å²) in [6.45, 7) is 0.521. The summed E-state index contributed by atoms with van der Waals surface area (Å²) in [6, 6.07) is 11.4. The number of benzene rings is 1. The molecule has 0 spiro atoms. The van der Waals surface area contributed by atoms with Gasteiger partial charge in [-0.2, -0.15) is 5.10 Å². The molecular formula is C17H15N7O. The van der Waals surface area contributed by atoms with Crippen LogP contribution >= 0.6 is 0 Å². The molecule has 0 saturated heterocycles. The first kappa shape index (κ1) is 15.0. The van der Waals surface area contributed by atoms with E-state index in [2.05, 4.69) is 36.6 Å². The van der Waals surface area contributed by atoms with Crippen molar-refractivity contribution in [3.8, 4) is 5.82 Å². The van der Waals surface area contributed by atoms with E-state index in [1.807, 2.05) is 24.4 Å². The van der Waals surface area contributed by atoms with Crippen molar-refractivity contribution in [2.24, 2.45) is 0 Å². The highest BCUT2D eigenvalue weighted by molar-refractivity contribution is 5.92. The number of para-hydroxylation sites is 1. The number of nitrogens with one attached hydrogen (secondary N) is 2. The Morgan fingerprint density at radius 3 is 2.88 bits per heavy atom. The summed E-state index contributed by atoms with van der Waals surface area (Å²) in [5, 5.41) is 15.9. The summed E-state index contributed by atoms with van der Waals surface area (Å²) in [4.78, 5) is 19.3. The van der Waals surface area contributed by atoms with Crippen LogP contribution in [0.1, 0.15) is 16.1 Å². The van der Waals surface area contributed by atoms with E-state index in [0.717, 1.165) is 11.9 Å². The average molecular weight is 333 g/mol. The smallest absolute Gasteiger partial charge is 0.271 e. The maximum Gasteiger partial charge on any atom is 0.271 e. The van der Waals surface area contributed by atoms with Gasteiger partial charge in [0.05, 0.1) is 0 Å². The second-order valence-corrected chi connectivity index (χ2v) is 5.48. The lowest BCUT2D eigenvalue weighted by atomic mass is 10.1. The predicted molar refractivity (Wildman–Crippen MR) is 91.3 cm³/mol. The molecule has 0 radical (unpaired) electrons. The zero-order chi connectivity index (χ0) is 17.1. The maximum absolute atomic E-state index is 12.2. The van der Waals surface area contributed by atoms with Crippen LogP contribution in [0.25, 0.3) is 16.7 Å². The first-order valence-corrected chi connectivity index (χ1v) is 7.83. The molecular weight excluding hydrogens is 318 g/mol. The Hall–Kier alpha value is -3.55. The third-order valence-electron chi connectivity index (χ3n) is 3.89. The number of hydrogen-bond donors (Lipinski definition) is 2. The van der Waals surface area contributed by atoms with Gasteiger partial charge in [-0.3, -0.25) is 4.79 Å². The Morgan fingerprint density at radius 1 is 1.16 bits per heavy atom. The molecule has 8 heteroatoms. The van der Waals surface area contributed by atoms with Crippen LogP contribution < -0.4 is 5.32 Å². The molecule has 1 amide bonds. The molecule has 3 heterocycles. The number of nitrogens with zero attached hydrogens (tertiary/aromatic N) is 5. The van der Waals surface area contributed by atoms with Gasteiger partial charge in [0.2, 0.25) is 0 Å². The van der Waals surface area contributed by atoms with E-state index < -0.39 is 0 Å². The van der Waals surface area contributed by atoms with Crippen molar-refractivity contribution in [3.63, 3.8) is 0 Å². The third-order valence-corrected chi connectivity index (χ3v) is 3.89. The van der Waals surface area contributed by atoms with Crippen molar-refractivity contribution in [1.82, 2.24) is 35.3 Å². The highest BCUT2D eigenvalue weighted by Gasteiger charge is 2.09. The number of amides is 1. The molecule has 4 rings (SSSR count). The molecule has 2 N–H and O–H groups in total. The molecule has 0 bridgehead atoms. The lowest BCUT2D eigenvalue weighted by Crippen LogP contribution is -2.26. The van der Waals surface area contributed by atoms with Crippen LogP contribution in [0.3, 0.4) is 0 Å². The van der Waals surface area contributed by atoms with Gasteiger partial charge in [0.15, 0.2) is 11.5 Å². The molecule has 8 nitrogen and oxygen atoms in total. The minimum Gasteiger partial charge on any atom is -0.361 e. The largest absolute Gasteiger partial charge is 0.361 e. The van der Waals surface area contributed by atoms with E-state index in [0.29, 0.717) is 12.4 Å². The van der Waals surface area contributed by atoms with Gasteiger partial charge in [-0.05, 0) is 30.2 Å². The van der Waals surface area contributed by atoms with Gasteiger partial charge < -0.3 is 10.3 Å². The SMILES string of the molecule is O=C(NCCc1c[nH]c2ccccc12)c1ccc(-n2cncn2)nn1. The molecule has 0 unspecified atom stereocenters. The minimum atomic E-state index is -0.252. The lowest BCUT2D eigenvalue weighted by Gasteiger charge is -2.04. The molecule has 1 aromatic carbocycles.